The number of hydrogen-bond donors (Lipinski definition) is 6. The minimum atomic E-state index is -3.77. The Morgan fingerprint density at radius 1 is 1.44 bits per heavy atom. The molecular formula is C12H15BrFN7O3S. The second kappa shape index (κ2) is 8.35. The number of aliphatic imine (C=N–C) groups is 1. The number of amidine groups is 1. The van der Waals surface area contributed by atoms with E-state index < -0.39 is 16.0 Å². The molecule has 136 valence electrons. The van der Waals surface area contributed by atoms with Crippen LogP contribution in [-0.4, -0.2) is 42.7 Å². The maximum Gasteiger partial charge on any atom is 0.274 e. The predicted octanol–water partition coefficient (Wildman–Crippen LogP) is 0.573. The number of benzene rings is 1. The molecule has 0 aliphatic carbocycles. The van der Waals surface area contributed by atoms with Crippen molar-refractivity contribution < 1.29 is 18.0 Å². The first kappa shape index (κ1) is 19.3. The number of rotatable bonds is 7. The summed E-state index contributed by atoms with van der Waals surface area (Å²) in [6, 6.07) is 4.10. The van der Waals surface area contributed by atoms with Crippen LogP contribution in [0.3, 0.4) is 0 Å². The minimum absolute atomic E-state index is 0.0429. The van der Waals surface area contributed by atoms with E-state index in [1.54, 1.807) is 0 Å². The van der Waals surface area contributed by atoms with E-state index in [1.807, 2.05) is 5.48 Å². The highest BCUT2D eigenvalue weighted by Gasteiger charge is 2.12. The fraction of sp³-hybridized carbons (Fsp3) is 0.167. The van der Waals surface area contributed by atoms with E-state index in [-0.39, 0.29) is 23.4 Å². The molecule has 0 aliphatic heterocycles. The summed E-state index contributed by atoms with van der Waals surface area (Å²) >= 11 is 3.05. The minimum Gasteiger partial charge on any atom is -0.369 e. The number of halogens is 2. The standard InChI is InChI=1S/C12H15BrFN7O3S/c13-9-5-7(1-2-10(9)14)19-12(21-22)8-6-17-20-11(8)16-3-4-18-25(15,23)24/h1-2,5-6,18,22H,3-4H2,(H,19,21)(H2,15,23,24)(H2,16,17,20). The maximum atomic E-state index is 13.3. The molecule has 10 nitrogen and oxygen atoms in total. The Kier molecular flexibility index (Phi) is 6.44. The molecule has 0 saturated carbocycles. The number of nitrogens with zero attached hydrogens (tertiary/aromatic N) is 2. The van der Waals surface area contributed by atoms with E-state index in [1.165, 1.54) is 24.4 Å². The summed E-state index contributed by atoms with van der Waals surface area (Å²) < 4.78 is 37.2. The van der Waals surface area contributed by atoms with Crippen molar-refractivity contribution in [2.24, 2.45) is 10.1 Å². The number of nitrogens with one attached hydrogen (secondary N) is 4. The van der Waals surface area contributed by atoms with Gasteiger partial charge in [0.1, 0.15) is 11.6 Å². The summed E-state index contributed by atoms with van der Waals surface area (Å²) in [5.74, 6) is -0.00246. The first-order valence-corrected chi connectivity index (χ1v) is 9.13. The van der Waals surface area contributed by atoms with Crippen molar-refractivity contribution in [3.05, 3.63) is 40.2 Å². The molecule has 25 heavy (non-hydrogen) atoms. The van der Waals surface area contributed by atoms with E-state index in [9.17, 15) is 18.0 Å². The number of aromatic amines is 1. The zero-order valence-electron chi connectivity index (χ0n) is 12.6. The van der Waals surface area contributed by atoms with Crippen LogP contribution in [0.25, 0.3) is 0 Å². The van der Waals surface area contributed by atoms with E-state index >= 15 is 0 Å². The van der Waals surface area contributed by atoms with Crippen LogP contribution in [0.1, 0.15) is 5.56 Å². The summed E-state index contributed by atoms with van der Waals surface area (Å²) in [5, 5.41) is 23.5. The Balaban J connectivity index is 2.14. The van der Waals surface area contributed by atoms with Gasteiger partial charge >= 0.3 is 0 Å². The van der Waals surface area contributed by atoms with Gasteiger partial charge < -0.3 is 5.32 Å². The van der Waals surface area contributed by atoms with Crippen molar-refractivity contribution >= 4 is 43.5 Å². The van der Waals surface area contributed by atoms with Crippen LogP contribution in [0, 0.1) is 5.82 Å². The molecule has 0 saturated heterocycles. The quantitative estimate of drug-likeness (QED) is 0.161. The fourth-order valence-corrected chi connectivity index (χ4v) is 2.56. The molecule has 0 amide bonds. The van der Waals surface area contributed by atoms with E-state index in [0.717, 1.165) is 0 Å². The number of H-pyrrole nitrogens is 1. The lowest BCUT2D eigenvalue weighted by molar-refractivity contribution is 0.235. The van der Waals surface area contributed by atoms with Gasteiger partial charge in [0, 0.05) is 13.1 Å². The van der Waals surface area contributed by atoms with Crippen LogP contribution in [-0.2, 0) is 10.2 Å². The lowest BCUT2D eigenvalue weighted by Crippen LogP contribution is -2.34. The molecule has 1 heterocycles. The molecule has 0 bridgehead atoms. The molecule has 2 rings (SSSR count). The zero-order valence-corrected chi connectivity index (χ0v) is 15.0. The van der Waals surface area contributed by atoms with Crippen LogP contribution in [0.5, 0.6) is 0 Å². The Morgan fingerprint density at radius 3 is 2.84 bits per heavy atom. The van der Waals surface area contributed by atoms with Crippen molar-refractivity contribution in [2.45, 2.75) is 0 Å². The second-order valence-corrected chi connectivity index (χ2v) is 6.93. The van der Waals surface area contributed by atoms with Crippen molar-refractivity contribution in [1.82, 2.24) is 20.4 Å². The predicted molar refractivity (Wildman–Crippen MR) is 93.4 cm³/mol. The normalized spacial score (nSPS) is 12.2. The van der Waals surface area contributed by atoms with Crippen molar-refractivity contribution in [2.75, 3.05) is 18.4 Å². The van der Waals surface area contributed by atoms with Crippen molar-refractivity contribution in [1.29, 1.82) is 0 Å². The van der Waals surface area contributed by atoms with E-state index in [2.05, 4.69) is 41.2 Å². The van der Waals surface area contributed by atoms with Gasteiger partial charge in [0.25, 0.3) is 10.2 Å². The van der Waals surface area contributed by atoms with E-state index in [4.69, 9.17) is 5.14 Å². The molecule has 1 aromatic heterocycles. The first-order valence-electron chi connectivity index (χ1n) is 6.79. The molecule has 13 heteroatoms. The molecule has 2 aromatic rings. The van der Waals surface area contributed by atoms with Gasteiger partial charge in [-0.1, -0.05) is 0 Å². The molecule has 0 unspecified atom stereocenters. The highest BCUT2D eigenvalue weighted by Crippen LogP contribution is 2.23. The SMILES string of the molecule is NS(=O)(=O)NCCNc1[nH]ncc1C(=Nc1ccc(F)c(Br)c1)NO. The van der Waals surface area contributed by atoms with Crippen molar-refractivity contribution in [3.63, 3.8) is 0 Å². The number of hydrogen-bond acceptors (Lipinski definition) is 6. The Labute approximate surface area is 151 Å². The Morgan fingerprint density at radius 2 is 2.20 bits per heavy atom. The molecule has 0 spiro atoms. The van der Waals surface area contributed by atoms with Crippen molar-refractivity contribution in [3.8, 4) is 0 Å². The van der Waals surface area contributed by atoms with Gasteiger partial charge in [-0.3, -0.25) is 15.8 Å². The van der Waals surface area contributed by atoms with Gasteiger partial charge in [0.05, 0.1) is 21.9 Å². The monoisotopic (exact) mass is 435 g/mol. The summed E-state index contributed by atoms with van der Waals surface area (Å²) in [7, 11) is -3.77. The summed E-state index contributed by atoms with van der Waals surface area (Å²) in [6.07, 6.45) is 1.40. The number of aromatic nitrogens is 2. The summed E-state index contributed by atoms with van der Waals surface area (Å²) in [5.41, 5.74) is 2.72. The van der Waals surface area contributed by atoms with Crippen LogP contribution in [0.2, 0.25) is 0 Å². The third kappa shape index (κ3) is 5.75. The molecular weight excluding hydrogens is 421 g/mol. The average molecular weight is 436 g/mol. The zero-order chi connectivity index (χ0) is 18.4. The Bertz CT molecular complexity index is 871. The third-order valence-electron chi connectivity index (χ3n) is 2.87. The van der Waals surface area contributed by atoms with Gasteiger partial charge in [0.15, 0.2) is 5.84 Å². The highest BCUT2D eigenvalue weighted by molar-refractivity contribution is 9.10. The van der Waals surface area contributed by atoms with E-state index in [0.29, 0.717) is 17.1 Å². The van der Waals surface area contributed by atoms with Gasteiger partial charge in [-0.05, 0) is 34.1 Å². The first-order chi connectivity index (χ1) is 11.8. The molecule has 7 N–H and O–H groups in total. The largest absolute Gasteiger partial charge is 0.369 e. The molecule has 0 aliphatic rings. The molecule has 0 fully saturated rings. The molecule has 0 atom stereocenters. The lowest BCUT2D eigenvalue weighted by atomic mass is 10.2. The number of anilines is 1. The van der Waals surface area contributed by atoms with Crippen LogP contribution in [0.4, 0.5) is 15.9 Å². The smallest absolute Gasteiger partial charge is 0.274 e. The van der Waals surface area contributed by atoms with Crippen LogP contribution < -0.4 is 20.7 Å². The maximum absolute atomic E-state index is 13.3. The fourth-order valence-electron chi connectivity index (χ4n) is 1.81. The number of nitrogens with two attached hydrogens (primary N) is 1. The highest BCUT2D eigenvalue weighted by atomic mass is 79.9. The van der Waals surface area contributed by atoms with Crippen LogP contribution >= 0.6 is 15.9 Å². The molecule has 1 aromatic carbocycles. The topological polar surface area (TPSA) is 158 Å². The van der Waals surface area contributed by atoms with Gasteiger partial charge in [0.2, 0.25) is 0 Å². The molecule has 0 radical (unpaired) electrons. The summed E-state index contributed by atoms with van der Waals surface area (Å²) in [4.78, 5) is 4.18. The van der Waals surface area contributed by atoms with Gasteiger partial charge in [-0.2, -0.15) is 13.5 Å². The Hall–Kier alpha value is -2.06. The third-order valence-corrected chi connectivity index (χ3v) is 4.09. The second-order valence-electron chi connectivity index (χ2n) is 4.70. The lowest BCUT2D eigenvalue weighted by Gasteiger charge is -2.09. The van der Waals surface area contributed by atoms with Gasteiger partial charge in [-0.15, -0.1) is 0 Å². The average Bonchev–Trinajstić information content (AvgIpc) is 3.00. The van der Waals surface area contributed by atoms with Gasteiger partial charge in [-0.25, -0.2) is 19.2 Å². The number of hydroxylamine groups is 1. The van der Waals surface area contributed by atoms with Crippen LogP contribution in [0.15, 0.2) is 33.9 Å². The summed E-state index contributed by atoms with van der Waals surface area (Å²) in [6.45, 7) is 0.244.